The highest BCUT2D eigenvalue weighted by Crippen LogP contribution is 2.18. The summed E-state index contributed by atoms with van der Waals surface area (Å²) in [6, 6.07) is 15.6. The minimum Gasteiger partial charge on any atom is -0.399 e. The lowest BCUT2D eigenvalue weighted by Gasteiger charge is -2.14. The molecule has 1 saturated carbocycles. The van der Waals surface area contributed by atoms with Crippen LogP contribution in [0.25, 0.3) is 12.2 Å². The van der Waals surface area contributed by atoms with Gasteiger partial charge in [-0.1, -0.05) is 67.8 Å². The third-order valence-electron chi connectivity index (χ3n) is 3.94. The van der Waals surface area contributed by atoms with Crippen molar-refractivity contribution >= 4 is 23.5 Å². The number of hydrogen-bond acceptors (Lipinski definition) is 3. The SMILES string of the molecule is Nc1ccc(C=Cc2ccccc2)c(N)c1.OC1CCCCC1. The molecule has 0 aliphatic heterocycles. The van der Waals surface area contributed by atoms with Crippen molar-refractivity contribution < 1.29 is 5.11 Å². The van der Waals surface area contributed by atoms with Gasteiger partial charge in [0.1, 0.15) is 0 Å². The maximum absolute atomic E-state index is 8.91. The fourth-order valence-corrected chi connectivity index (χ4v) is 2.58. The first-order valence-electron chi connectivity index (χ1n) is 8.21. The van der Waals surface area contributed by atoms with Crippen molar-refractivity contribution in [3.63, 3.8) is 0 Å². The van der Waals surface area contributed by atoms with E-state index in [2.05, 4.69) is 0 Å². The molecule has 0 heterocycles. The molecule has 0 atom stereocenters. The van der Waals surface area contributed by atoms with Gasteiger partial charge in [-0.15, -0.1) is 0 Å². The Labute approximate surface area is 138 Å². The third-order valence-corrected chi connectivity index (χ3v) is 3.94. The van der Waals surface area contributed by atoms with Gasteiger partial charge in [-0.2, -0.15) is 0 Å². The molecule has 0 amide bonds. The van der Waals surface area contributed by atoms with E-state index in [9.17, 15) is 0 Å². The van der Waals surface area contributed by atoms with Crippen LogP contribution in [0.15, 0.2) is 48.5 Å². The Morgan fingerprint density at radius 2 is 1.57 bits per heavy atom. The van der Waals surface area contributed by atoms with Crippen molar-refractivity contribution in [3.8, 4) is 0 Å². The molecule has 3 rings (SSSR count). The van der Waals surface area contributed by atoms with Crippen LogP contribution < -0.4 is 11.5 Å². The Hall–Kier alpha value is -2.26. The molecule has 1 fully saturated rings. The van der Waals surface area contributed by atoms with E-state index in [0.29, 0.717) is 11.4 Å². The first kappa shape index (κ1) is 17.1. The summed E-state index contributed by atoms with van der Waals surface area (Å²) in [5, 5.41) is 8.91. The summed E-state index contributed by atoms with van der Waals surface area (Å²) in [6.45, 7) is 0. The molecule has 23 heavy (non-hydrogen) atoms. The zero-order chi connectivity index (χ0) is 16.5. The van der Waals surface area contributed by atoms with Crippen LogP contribution in [0.4, 0.5) is 11.4 Å². The standard InChI is InChI=1S/C14H14N2.C6H12O/c15-13-9-8-12(14(16)10-13)7-6-11-4-2-1-3-5-11;7-6-4-2-1-3-5-6/h1-10H,15-16H2;6-7H,1-5H2. The lowest BCUT2D eigenvalue weighted by atomic mass is 9.98. The molecular weight excluding hydrogens is 284 g/mol. The molecule has 2 aromatic rings. The first-order chi connectivity index (χ1) is 11.1. The van der Waals surface area contributed by atoms with Gasteiger partial charge >= 0.3 is 0 Å². The Balaban J connectivity index is 0.000000229. The van der Waals surface area contributed by atoms with Crippen LogP contribution in [-0.2, 0) is 0 Å². The molecule has 0 spiro atoms. The van der Waals surface area contributed by atoms with Crippen LogP contribution in [-0.4, -0.2) is 11.2 Å². The van der Waals surface area contributed by atoms with Gasteiger partial charge in [0.2, 0.25) is 0 Å². The number of aliphatic hydroxyl groups excluding tert-OH is 1. The molecule has 0 unspecified atom stereocenters. The first-order valence-corrected chi connectivity index (χ1v) is 8.21. The molecule has 0 bridgehead atoms. The number of hydrogen-bond donors (Lipinski definition) is 3. The van der Waals surface area contributed by atoms with Crippen molar-refractivity contribution in [1.82, 2.24) is 0 Å². The zero-order valence-corrected chi connectivity index (χ0v) is 13.5. The highest BCUT2D eigenvalue weighted by Gasteiger charge is 2.07. The number of nitrogens with two attached hydrogens (primary N) is 2. The lowest BCUT2D eigenvalue weighted by molar-refractivity contribution is 0.130. The maximum Gasteiger partial charge on any atom is 0.0540 e. The quantitative estimate of drug-likeness (QED) is 0.571. The largest absolute Gasteiger partial charge is 0.399 e. The predicted octanol–water partition coefficient (Wildman–Crippen LogP) is 4.33. The smallest absolute Gasteiger partial charge is 0.0540 e. The van der Waals surface area contributed by atoms with Gasteiger partial charge in [0.15, 0.2) is 0 Å². The van der Waals surface area contributed by atoms with Gasteiger partial charge in [0.25, 0.3) is 0 Å². The molecule has 1 aliphatic rings. The van der Waals surface area contributed by atoms with E-state index < -0.39 is 0 Å². The summed E-state index contributed by atoms with van der Waals surface area (Å²) in [5.41, 5.74) is 15.0. The molecule has 2 aromatic carbocycles. The molecule has 0 aromatic heterocycles. The van der Waals surface area contributed by atoms with Gasteiger partial charge in [-0.3, -0.25) is 0 Å². The second kappa shape index (κ2) is 9.01. The number of aliphatic hydroxyl groups is 1. The summed E-state index contributed by atoms with van der Waals surface area (Å²) in [6.07, 6.45) is 9.94. The van der Waals surface area contributed by atoms with E-state index in [-0.39, 0.29) is 6.10 Å². The monoisotopic (exact) mass is 310 g/mol. The average Bonchev–Trinajstić information content (AvgIpc) is 2.56. The number of benzene rings is 2. The van der Waals surface area contributed by atoms with Gasteiger partial charge < -0.3 is 16.6 Å². The summed E-state index contributed by atoms with van der Waals surface area (Å²) in [7, 11) is 0. The van der Waals surface area contributed by atoms with Gasteiger partial charge in [-0.25, -0.2) is 0 Å². The van der Waals surface area contributed by atoms with Gasteiger partial charge in [-0.05, 0) is 36.1 Å². The molecule has 0 radical (unpaired) electrons. The normalized spacial score (nSPS) is 15.2. The van der Waals surface area contributed by atoms with Crippen LogP contribution >= 0.6 is 0 Å². The van der Waals surface area contributed by atoms with Crippen molar-refractivity contribution in [2.45, 2.75) is 38.2 Å². The minimum absolute atomic E-state index is 0.0359. The lowest BCUT2D eigenvalue weighted by Crippen LogP contribution is -2.09. The highest BCUT2D eigenvalue weighted by molar-refractivity contribution is 5.77. The second-order valence-corrected chi connectivity index (χ2v) is 5.92. The Morgan fingerprint density at radius 1 is 0.870 bits per heavy atom. The Kier molecular flexibility index (Phi) is 6.70. The second-order valence-electron chi connectivity index (χ2n) is 5.92. The molecule has 3 heteroatoms. The fraction of sp³-hybridized carbons (Fsp3) is 0.300. The zero-order valence-electron chi connectivity index (χ0n) is 13.5. The summed E-state index contributed by atoms with van der Waals surface area (Å²) in [5.74, 6) is 0. The van der Waals surface area contributed by atoms with E-state index >= 15 is 0 Å². The third kappa shape index (κ3) is 6.17. The number of anilines is 2. The maximum atomic E-state index is 8.91. The average molecular weight is 310 g/mol. The van der Waals surface area contributed by atoms with Gasteiger partial charge in [0, 0.05) is 11.4 Å². The highest BCUT2D eigenvalue weighted by atomic mass is 16.3. The topological polar surface area (TPSA) is 72.3 Å². The number of nitrogen functional groups attached to an aromatic ring is 2. The van der Waals surface area contributed by atoms with Crippen molar-refractivity contribution in [1.29, 1.82) is 0 Å². The Morgan fingerprint density at radius 3 is 2.13 bits per heavy atom. The minimum atomic E-state index is 0.0359. The molecular formula is C20H26N2O. The number of rotatable bonds is 2. The van der Waals surface area contributed by atoms with Crippen molar-refractivity contribution in [2.75, 3.05) is 11.5 Å². The van der Waals surface area contributed by atoms with Crippen LogP contribution in [0, 0.1) is 0 Å². The van der Waals surface area contributed by atoms with E-state index in [0.717, 1.165) is 24.0 Å². The van der Waals surface area contributed by atoms with Crippen LogP contribution in [0.2, 0.25) is 0 Å². The predicted molar refractivity (Wildman–Crippen MR) is 99.7 cm³/mol. The van der Waals surface area contributed by atoms with Crippen molar-refractivity contribution in [3.05, 3.63) is 59.7 Å². The van der Waals surface area contributed by atoms with Crippen LogP contribution in [0.5, 0.6) is 0 Å². The molecule has 3 nitrogen and oxygen atoms in total. The molecule has 0 saturated heterocycles. The van der Waals surface area contributed by atoms with E-state index in [4.69, 9.17) is 16.6 Å². The molecule has 1 aliphatic carbocycles. The summed E-state index contributed by atoms with van der Waals surface area (Å²) < 4.78 is 0. The fourth-order valence-electron chi connectivity index (χ4n) is 2.58. The van der Waals surface area contributed by atoms with Crippen molar-refractivity contribution in [2.24, 2.45) is 0 Å². The van der Waals surface area contributed by atoms with Crippen LogP contribution in [0.3, 0.4) is 0 Å². The summed E-state index contributed by atoms with van der Waals surface area (Å²) >= 11 is 0. The van der Waals surface area contributed by atoms with E-state index in [1.165, 1.54) is 19.3 Å². The van der Waals surface area contributed by atoms with E-state index in [1.807, 2.05) is 54.6 Å². The summed E-state index contributed by atoms with van der Waals surface area (Å²) in [4.78, 5) is 0. The van der Waals surface area contributed by atoms with E-state index in [1.54, 1.807) is 6.07 Å². The molecule has 122 valence electrons. The Bertz CT molecular complexity index is 617. The molecule has 5 N–H and O–H groups in total. The van der Waals surface area contributed by atoms with Crippen LogP contribution in [0.1, 0.15) is 43.2 Å². The van der Waals surface area contributed by atoms with Gasteiger partial charge in [0.05, 0.1) is 6.10 Å².